The Morgan fingerprint density at radius 1 is 1.38 bits per heavy atom. The van der Waals surface area contributed by atoms with Gasteiger partial charge in [-0.3, -0.25) is 4.90 Å². The van der Waals surface area contributed by atoms with E-state index >= 15 is 0 Å². The van der Waals surface area contributed by atoms with Crippen molar-refractivity contribution in [3.05, 3.63) is 34.9 Å². The summed E-state index contributed by atoms with van der Waals surface area (Å²) in [6.45, 7) is 6.00. The summed E-state index contributed by atoms with van der Waals surface area (Å²) in [7, 11) is 0. The Morgan fingerprint density at radius 3 is 2.86 bits per heavy atom. The molecule has 2 unspecified atom stereocenters. The van der Waals surface area contributed by atoms with Crippen LogP contribution in [0.4, 0.5) is 0 Å². The smallest absolute Gasteiger partial charge is 0.0991 e. The van der Waals surface area contributed by atoms with Gasteiger partial charge in [-0.2, -0.15) is 5.26 Å². The quantitative estimate of drug-likeness (QED) is 0.923. The number of likely N-dealkylation sites (tertiary alicyclic amines) is 1. The molecule has 0 amide bonds. The summed E-state index contributed by atoms with van der Waals surface area (Å²) >= 11 is 0. The van der Waals surface area contributed by atoms with E-state index in [1.807, 2.05) is 19.1 Å². The number of benzene rings is 1. The number of aliphatic hydroxyl groups is 1. The fraction of sp³-hybridized carbons (Fsp3) is 0.611. The standard InChI is InChI=1S/C18H26N2O/c1-14-10-16(12-19)7-8-17(14)13-20-9-5-3-4-6-18(20)11-15(2)21/h7-8,10,15,18,21H,3-6,9,11,13H2,1-2H3. The van der Waals surface area contributed by atoms with Gasteiger partial charge in [-0.25, -0.2) is 0 Å². The lowest BCUT2D eigenvalue weighted by atomic mass is 10.0. The van der Waals surface area contributed by atoms with Crippen LogP contribution in [0.3, 0.4) is 0 Å². The Labute approximate surface area is 128 Å². The summed E-state index contributed by atoms with van der Waals surface area (Å²) < 4.78 is 0. The number of aliphatic hydroxyl groups excluding tert-OH is 1. The van der Waals surface area contributed by atoms with E-state index < -0.39 is 0 Å². The van der Waals surface area contributed by atoms with E-state index in [2.05, 4.69) is 24.0 Å². The minimum Gasteiger partial charge on any atom is -0.393 e. The van der Waals surface area contributed by atoms with Crippen LogP contribution in [0.1, 0.15) is 55.7 Å². The Kier molecular flexibility index (Phi) is 5.78. The first-order chi connectivity index (χ1) is 10.1. The molecule has 1 aliphatic rings. The number of nitrogens with zero attached hydrogens (tertiary/aromatic N) is 2. The molecule has 1 aromatic rings. The molecule has 1 heterocycles. The highest BCUT2D eigenvalue weighted by Crippen LogP contribution is 2.24. The van der Waals surface area contributed by atoms with Crippen molar-refractivity contribution in [3.63, 3.8) is 0 Å². The molecule has 0 radical (unpaired) electrons. The lowest BCUT2D eigenvalue weighted by Crippen LogP contribution is -2.36. The second-order valence-corrected chi connectivity index (χ2v) is 6.31. The van der Waals surface area contributed by atoms with Gasteiger partial charge >= 0.3 is 0 Å². The van der Waals surface area contributed by atoms with Crippen LogP contribution < -0.4 is 0 Å². The van der Waals surface area contributed by atoms with Crippen molar-refractivity contribution in [2.75, 3.05) is 6.54 Å². The molecular weight excluding hydrogens is 260 g/mol. The Hall–Kier alpha value is -1.37. The molecule has 2 atom stereocenters. The van der Waals surface area contributed by atoms with Gasteiger partial charge in [-0.1, -0.05) is 18.9 Å². The summed E-state index contributed by atoms with van der Waals surface area (Å²) in [5.74, 6) is 0. The van der Waals surface area contributed by atoms with Crippen LogP contribution in [0.5, 0.6) is 0 Å². The topological polar surface area (TPSA) is 47.3 Å². The summed E-state index contributed by atoms with van der Waals surface area (Å²) in [6, 6.07) is 8.63. The number of rotatable bonds is 4. The average molecular weight is 286 g/mol. The van der Waals surface area contributed by atoms with Gasteiger partial charge in [-0.05, 0) is 62.9 Å². The fourth-order valence-electron chi connectivity index (χ4n) is 3.27. The maximum Gasteiger partial charge on any atom is 0.0991 e. The monoisotopic (exact) mass is 286 g/mol. The van der Waals surface area contributed by atoms with Crippen LogP contribution in [0.2, 0.25) is 0 Å². The van der Waals surface area contributed by atoms with E-state index in [-0.39, 0.29) is 6.10 Å². The first kappa shape index (κ1) is 16.0. The zero-order valence-corrected chi connectivity index (χ0v) is 13.2. The summed E-state index contributed by atoms with van der Waals surface area (Å²) in [6.07, 6.45) is 5.60. The van der Waals surface area contributed by atoms with Crippen molar-refractivity contribution in [2.45, 2.75) is 64.6 Å². The average Bonchev–Trinajstić information content (AvgIpc) is 2.66. The van der Waals surface area contributed by atoms with E-state index in [9.17, 15) is 5.11 Å². The minimum atomic E-state index is -0.238. The highest BCUT2D eigenvalue weighted by Gasteiger charge is 2.22. The molecule has 21 heavy (non-hydrogen) atoms. The van der Waals surface area contributed by atoms with E-state index in [4.69, 9.17) is 5.26 Å². The normalized spacial score (nSPS) is 21.5. The lowest BCUT2D eigenvalue weighted by molar-refractivity contribution is 0.108. The van der Waals surface area contributed by atoms with Crippen LogP contribution in [-0.2, 0) is 6.54 Å². The highest BCUT2D eigenvalue weighted by atomic mass is 16.3. The molecule has 0 bridgehead atoms. The molecule has 114 valence electrons. The molecular formula is C18H26N2O. The summed E-state index contributed by atoms with van der Waals surface area (Å²) in [4.78, 5) is 2.52. The third-order valence-corrected chi connectivity index (χ3v) is 4.46. The van der Waals surface area contributed by atoms with Crippen molar-refractivity contribution in [1.29, 1.82) is 5.26 Å². The molecule has 0 aliphatic carbocycles. The van der Waals surface area contributed by atoms with Crippen molar-refractivity contribution in [3.8, 4) is 6.07 Å². The summed E-state index contributed by atoms with van der Waals surface area (Å²) in [5.41, 5.74) is 3.22. The summed E-state index contributed by atoms with van der Waals surface area (Å²) in [5, 5.41) is 18.7. The van der Waals surface area contributed by atoms with E-state index in [1.54, 1.807) is 0 Å². The highest BCUT2D eigenvalue weighted by molar-refractivity contribution is 5.37. The molecule has 0 saturated carbocycles. The van der Waals surface area contributed by atoms with E-state index in [1.165, 1.54) is 36.8 Å². The van der Waals surface area contributed by atoms with Gasteiger partial charge in [0, 0.05) is 12.6 Å². The van der Waals surface area contributed by atoms with Gasteiger partial charge in [-0.15, -0.1) is 0 Å². The Morgan fingerprint density at radius 2 is 2.19 bits per heavy atom. The molecule has 2 rings (SSSR count). The van der Waals surface area contributed by atoms with Gasteiger partial charge in [0.05, 0.1) is 17.7 Å². The molecule has 1 fully saturated rings. The second-order valence-electron chi connectivity index (χ2n) is 6.31. The number of hydrogen-bond acceptors (Lipinski definition) is 3. The molecule has 3 nitrogen and oxygen atoms in total. The maximum absolute atomic E-state index is 9.74. The Balaban J connectivity index is 2.12. The zero-order chi connectivity index (χ0) is 15.2. The Bertz CT molecular complexity index is 504. The van der Waals surface area contributed by atoms with Crippen LogP contribution in [0, 0.1) is 18.3 Å². The van der Waals surface area contributed by atoms with E-state index in [0.717, 1.165) is 25.1 Å². The van der Waals surface area contributed by atoms with Crippen molar-refractivity contribution in [2.24, 2.45) is 0 Å². The predicted octanol–water partition coefficient (Wildman–Crippen LogP) is 3.38. The molecule has 1 saturated heterocycles. The van der Waals surface area contributed by atoms with Gasteiger partial charge in [0.1, 0.15) is 0 Å². The van der Waals surface area contributed by atoms with Gasteiger partial charge in [0.15, 0.2) is 0 Å². The SMILES string of the molecule is Cc1cc(C#N)ccc1CN1CCCCCC1CC(C)O. The maximum atomic E-state index is 9.74. The molecule has 3 heteroatoms. The van der Waals surface area contributed by atoms with Crippen LogP contribution in [-0.4, -0.2) is 28.7 Å². The predicted molar refractivity (Wildman–Crippen MR) is 84.9 cm³/mol. The van der Waals surface area contributed by atoms with Gasteiger partial charge in [0.25, 0.3) is 0 Å². The van der Waals surface area contributed by atoms with Crippen molar-refractivity contribution in [1.82, 2.24) is 4.90 Å². The van der Waals surface area contributed by atoms with E-state index in [0.29, 0.717) is 6.04 Å². The first-order valence-electron chi connectivity index (χ1n) is 8.02. The first-order valence-corrected chi connectivity index (χ1v) is 8.02. The van der Waals surface area contributed by atoms with Crippen LogP contribution in [0.25, 0.3) is 0 Å². The zero-order valence-electron chi connectivity index (χ0n) is 13.2. The number of aryl methyl sites for hydroxylation is 1. The molecule has 0 spiro atoms. The van der Waals surface area contributed by atoms with Crippen LogP contribution >= 0.6 is 0 Å². The molecule has 1 aliphatic heterocycles. The number of nitriles is 1. The van der Waals surface area contributed by atoms with Crippen LogP contribution in [0.15, 0.2) is 18.2 Å². The lowest BCUT2D eigenvalue weighted by Gasteiger charge is -2.31. The minimum absolute atomic E-state index is 0.238. The molecule has 1 aromatic carbocycles. The number of hydrogen-bond donors (Lipinski definition) is 1. The van der Waals surface area contributed by atoms with Gasteiger partial charge < -0.3 is 5.11 Å². The third-order valence-electron chi connectivity index (χ3n) is 4.46. The third kappa shape index (κ3) is 4.56. The largest absolute Gasteiger partial charge is 0.393 e. The van der Waals surface area contributed by atoms with Gasteiger partial charge in [0.2, 0.25) is 0 Å². The fourth-order valence-corrected chi connectivity index (χ4v) is 3.27. The second kappa shape index (κ2) is 7.59. The van der Waals surface area contributed by atoms with Crippen molar-refractivity contribution < 1.29 is 5.11 Å². The molecule has 1 N–H and O–H groups in total. The van der Waals surface area contributed by atoms with Crippen molar-refractivity contribution >= 4 is 0 Å². The molecule has 0 aromatic heterocycles.